The number of urea groups is 1. The second kappa shape index (κ2) is 7.16. The van der Waals surface area contributed by atoms with E-state index in [9.17, 15) is 28.0 Å². The maximum absolute atomic E-state index is 13.5. The Kier molecular flexibility index (Phi) is 5.22. The first kappa shape index (κ1) is 17.5. The standard InChI is InChI=1S/C15H15F2N3O4/c1-2-3-6-19-13(22)14(23)20(15(19)24)8-12(21)18-11-7-9(16)4-5-10(11)17/h4-5,7H,2-3,6,8H2,1H3,(H,18,21). The maximum Gasteiger partial charge on any atom is 0.334 e. The number of nitrogens with zero attached hydrogens (tertiary/aromatic N) is 2. The Bertz CT molecular complexity index is 708. The first-order valence-corrected chi connectivity index (χ1v) is 7.27. The van der Waals surface area contributed by atoms with Gasteiger partial charge in [0.1, 0.15) is 18.2 Å². The number of amides is 5. The molecule has 24 heavy (non-hydrogen) atoms. The predicted molar refractivity (Wildman–Crippen MR) is 78.7 cm³/mol. The smallest absolute Gasteiger partial charge is 0.322 e. The number of hydrogen-bond acceptors (Lipinski definition) is 4. The molecule has 1 N–H and O–H groups in total. The molecule has 0 aliphatic carbocycles. The molecule has 1 aromatic rings. The molecule has 1 fully saturated rings. The van der Waals surface area contributed by atoms with Crippen LogP contribution in [-0.4, -0.2) is 46.6 Å². The number of anilines is 1. The zero-order valence-corrected chi connectivity index (χ0v) is 12.8. The number of imide groups is 2. The van der Waals surface area contributed by atoms with Crippen LogP contribution < -0.4 is 5.32 Å². The normalized spacial score (nSPS) is 14.5. The lowest BCUT2D eigenvalue weighted by Crippen LogP contribution is -2.39. The number of carbonyl (C=O) groups is 4. The van der Waals surface area contributed by atoms with Gasteiger partial charge in [0.05, 0.1) is 5.69 Å². The second-order valence-corrected chi connectivity index (χ2v) is 5.16. The SMILES string of the molecule is CCCCN1C(=O)C(=O)N(CC(=O)Nc2cc(F)ccc2F)C1=O. The molecule has 1 heterocycles. The number of benzene rings is 1. The third kappa shape index (κ3) is 3.55. The summed E-state index contributed by atoms with van der Waals surface area (Å²) in [5, 5.41) is 2.06. The van der Waals surface area contributed by atoms with Gasteiger partial charge in [-0.2, -0.15) is 0 Å². The molecule has 0 bridgehead atoms. The van der Waals surface area contributed by atoms with Gasteiger partial charge in [0.15, 0.2) is 0 Å². The monoisotopic (exact) mass is 339 g/mol. The lowest BCUT2D eigenvalue weighted by atomic mass is 10.3. The Balaban J connectivity index is 2.05. The van der Waals surface area contributed by atoms with Gasteiger partial charge in [0, 0.05) is 12.6 Å². The summed E-state index contributed by atoms with van der Waals surface area (Å²) in [6.07, 6.45) is 1.24. The van der Waals surface area contributed by atoms with Crippen LogP contribution in [0, 0.1) is 11.6 Å². The molecular formula is C15H15F2N3O4. The van der Waals surface area contributed by atoms with E-state index >= 15 is 0 Å². The van der Waals surface area contributed by atoms with E-state index in [0.717, 1.165) is 23.1 Å². The third-order valence-electron chi connectivity index (χ3n) is 3.37. The molecule has 1 aliphatic rings. The summed E-state index contributed by atoms with van der Waals surface area (Å²) < 4.78 is 26.5. The minimum Gasteiger partial charge on any atom is -0.322 e. The van der Waals surface area contributed by atoms with Crippen LogP contribution in [0.1, 0.15) is 19.8 Å². The van der Waals surface area contributed by atoms with Gasteiger partial charge in [-0.15, -0.1) is 0 Å². The van der Waals surface area contributed by atoms with E-state index in [4.69, 9.17) is 0 Å². The van der Waals surface area contributed by atoms with Gasteiger partial charge in [0.2, 0.25) is 5.91 Å². The Morgan fingerprint density at radius 2 is 1.79 bits per heavy atom. The Hall–Kier alpha value is -2.84. The van der Waals surface area contributed by atoms with Crippen LogP contribution in [0.2, 0.25) is 0 Å². The van der Waals surface area contributed by atoms with Crippen molar-refractivity contribution in [2.45, 2.75) is 19.8 Å². The number of carbonyl (C=O) groups excluding carboxylic acids is 4. The summed E-state index contributed by atoms with van der Waals surface area (Å²) in [5.41, 5.74) is -0.423. The van der Waals surface area contributed by atoms with Gasteiger partial charge in [-0.05, 0) is 18.6 Å². The highest BCUT2D eigenvalue weighted by atomic mass is 19.1. The van der Waals surface area contributed by atoms with Crippen LogP contribution >= 0.6 is 0 Å². The highest BCUT2D eigenvalue weighted by Gasteiger charge is 2.44. The molecule has 1 aromatic carbocycles. The fraction of sp³-hybridized carbons (Fsp3) is 0.333. The summed E-state index contributed by atoms with van der Waals surface area (Å²) in [6, 6.07) is 1.57. The van der Waals surface area contributed by atoms with Gasteiger partial charge in [-0.1, -0.05) is 13.3 Å². The van der Waals surface area contributed by atoms with Crippen LogP contribution in [0.15, 0.2) is 18.2 Å². The first-order valence-electron chi connectivity index (χ1n) is 7.27. The van der Waals surface area contributed by atoms with E-state index in [1.807, 2.05) is 6.92 Å². The molecule has 1 saturated heterocycles. The Labute approximate surface area is 136 Å². The molecule has 0 radical (unpaired) electrons. The van der Waals surface area contributed by atoms with E-state index in [2.05, 4.69) is 5.32 Å². The van der Waals surface area contributed by atoms with E-state index in [0.29, 0.717) is 17.7 Å². The van der Waals surface area contributed by atoms with Gasteiger partial charge >= 0.3 is 17.8 Å². The van der Waals surface area contributed by atoms with Crippen LogP contribution in [-0.2, 0) is 14.4 Å². The molecule has 2 rings (SSSR count). The highest BCUT2D eigenvalue weighted by molar-refractivity contribution is 6.45. The van der Waals surface area contributed by atoms with E-state index < -0.39 is 47.6 Å². The average Bonchev–Trinajstić information content (AvgIpc) is 2.73. The van der Waals surface area contributed by atoms with Crippen LogP contribution in [0.25, 0.3) is 0 Å². The van der Waals surface area contributed by atoms with Crippen molar-refractivity contribution < 1.29 is 28.0 Å². The topological polar surface area (TPSA) is 86.8 Å². The van der Waals surface area contributed by atoms with Crippen molar-refractivity contribution in [1.82, 2.24) is 9.80 Å². The summed E-state index contributed by atoms with van der Waals surface area (Å²) in [4.78, 5) is 48.7. The number of nitrogens with one attached hydrogen (secondary N) is 1. The van der Waals surface area contributed by atoms with Crippen molar-refractivity contribution in [3.8, 4) is 0 Å². The molecule has 1 aliphatic heterocycles. The molecule has 5 amide bonds. The minimum atomic E-state index is -1.12. The van der Waals surface area contributed by atoms with Crippen molar-refractivity contribution in [3.63, 3.8) is 0 Å². The predicted octanol–water partition coefficient (Wildman–Crippen LogP) is 1.49. The zero-order valence-electron chi connectivity index (χ0n) is 12.8. The van der Waals surface area contributed by atoms with Gasteiger partial charge in [-0.25, -0.2) is 18.5 Å². The number of unbranched alkanes of at least 4 members (excludes halogenated alkanes) is 1. The molecule has 7 nitrogen and oxygen atoms in total. The van der Waals surface area contributed by atoms with Crippen molar-refractivity contribution in [3.05, 3.63) is 29.8 Å². The molecule has 0 atom stereocenters. The summed E-state index contributed by atoms with van der Waals surface area (Å²) in [6.45, 7) is 1.17. The van der Waals surface area contributed by atoms with Crippen LogP contribution in [0.5, 0.6) is 0 Å². The fourth-order valence-corrected chi connectivity index (χ4v) is 2.13. The molecule has 128 valence electrons. The lowest BCUT2D eigenvalue weighted by Gasteiger charge is -2.15. The van der Waals surface area contributed by atoms with Crippen LogP contribution in [0.4, 0.5) is 19.3 Å². The van der Waals surface area contributed by atoms with Crippen molar-refractivity contribution in [2.75, 3.05) is 18.4 Å². The fourth-order valence-electron chi connectivity index (χ4n) is 2.13. The van der Waals surface area contributed by atoms with Crippen molar-refractivity contribution in [2.24, 2.45) is 0 Å². The molecule has 0 aromatic heterocycles. The molecule has 0 spiro atoms. The molecular weight excluding hydrogens is 324 g/mol. The van der Waals surface area contributed by atoms with Crippen molar-refractivity contribution >= 4 is 29.4 Å². The second-order valence-electron chi connectivity index (χ2n) is 5.16. The van der Waals surface area contributed by atoms with E-state index in [1.54, 1.807) is 0 Å². The average molecular weight is 339 g/mol. The Morgan fingerprint density at radius 1 is 1.12 bits per heavy atom. The maximum atomic E-state index is 13.5. The summed E-state index contributed by atoms with van der Waals surface area (Å²) in [7, 11) is 0. The lowest BCUT2D eigenvalue weighted by molar-refractivity contribution is -0.143. The minimum absolute atomic E-state index is 0.0799. The first-order chi connectivity index (χ1) is 11.3. The largest absolute Gasteiger partial charge is 0.334 e. The number of rotatable bonds is 6. The molecule has 0 unspecified atom stereocenters. The third-order valence-corrected chi connectivity index (χ3v) is 3.37. The molecule has 0 saturated carbocycles. The zero-order chi connectivity index (χ0) is 17.9. The number of halogens is 2. The summed E-state index contributed by atoms with van der Waals surface area (Å²) >= 11 is 0. The highest BCUT2D eigenvalue weighted by Crippen LogP contribution is 2.16. The van der Waals surface area contributed by atoms with Crippen LogP contribution in [0.3, 0.4) is 0 Å². The van der Waals surface area contributed by atoms with E-state index in [1.165, 1.54) is 0 Å². The number of hydrogen-bond donors (Lipinski definition) is 1. The Morgan fingerprint density at radius 3 is 2.46 bits per heavy atom. The summed E-state index contributed by atoms with van der Waals surface area (Å²) in [5.74, 6) is -4.68. The van der Waals surface area contributed by atoms with E-state index in [-0.39, 0.29) is 6.54 Å². The van der Waals surface area contributed by atoms with Gasteiger partial charge in [-0.3, -0.25) is 19.3 Å². The quantitative estimate of drug-likeness (QED) is 0.628. The molecule has 9 heteroatoms. The van der Waals surface area contributed by atoms with Gasteiger partial charge < -0.3 is 5.32 Å². The van der Waals surface area contributed by atoms with Crippen molar-refractivity contribution in [1.29, 1.82) is 0 Å². The van der Waals surface area contributed by atoms with Gasteiger partial charge in [0.25, 0.3) is 0 Å².